The van der Waals surface area contributed by atoms with Crippen molar-refractivity contribution in [3.05, 3.63) is 46.2 Å². The molecule has 6 N–H and O–H groups in total. The van der Waals surface area contributed by atoms with Crippen molar-refractivity contribution in [2.75, 3.05) is 17.2 Å². The zero-order valence-electron chi connectivity index (χ0n) is 9.45. The molecule has 0 saturated carbocycles. The lowest BCUT2D eigenvalue weighted by Gasteiger charge is -2.10. The summed E-state index contributed by atoms with van der Waals surface area (Å²) < 4.78 is 13.6. The van der Waals surface area contributed by atoms with E-state index in [1.165, 1.54) is 12.1 Å². The largest absolute Gasteiger partial charge is 0.396 e. The van der Waals surface area contributed by atoms with Crippen LogP contribution in [0.25, 0.3) is 0 Å². The van der Waals surface area contributed by atoms with Crippen LogP contribution in [0.15, 0.2) is 24.3 Å². The fraction of sp³-hybridized carbons (Fsp3) is 0.0833. The number of aromatic nitrogens is 1. The van der Waals surface area contributed by atoms with E-state index in [4.69, 9.17) is 28.8 Å². The standard InChI is InChI=1S/C12H12ClFN4/c13-8-1-2-9(14)6(4-8)3-7-5-10(15)18-12(17)11(7)16/h1-2,4-5H,3,16H2,(H4,15,17,18). The average molecular weight is 267 g/mol. The quantitative estimate of drug-likeness (QED) is 0.777. The minimum atomic E-state index is -0.354. The minimum Gasteiger partial charge on any atom is -0.396 e. The van der Waals surface area contributed by atoms with Crippen LogP contribution in [0.4, 0.5) is 21.7 Å². The predicted octanol–water partition coefficient (Wildman–Crippen LogP) is 2.21. The maximum absolute atomic E-state index is 13.6. The summed E-state index contributed by atoms with van der Waals surface area (Å²) in [4.78, 5) is 3.83. The van der Waals surface area contributed by atoms with Crippen molar-refractivity contribution >= 4 is 28.9 Å². The molecule has 0 atom stereocenters. The molecule has 1 aromatic carbocycles. The molecule has 0 aliphatic rings. The lowest BCUT2D eigenvalue weighted by molar-refractivity contribution is 0.614. The average Bonchev–Trinajstić information content (AvgIpc) is 2.30. The van der Waals surface area contributed by atoms with Gasteiger partial charge in [-0.3, -0.25) is 0 Å². The highest BCUT2D eigenvalue weighted by Crippen LogP contribution is 2.25. The Morgan fingerprint density at radius 3 is 2.56 bits per heavy atom. The van der Waals surface area contributed by atoms with Gasteiger partial charge in [0.1, 0.15) is 17.5 Å². The van der Waals surface area contributed by atoms with Crippen LogP contribution in [-0.4, -0.2) is 4.98 Å². The smallest absolute Gasteiger partial charge is 0.149 e. The number of benzene rings is 1. The maximum atomic E-state index is 13.6. The SMILES string of the molecule is Nc1cc(Cc2cc(Cl)ccc2F)c(N)c(N)n1. The lowest BCUT2D eigenvalue weighted by atomic mass is 10.0. The molecule has 18 heavy (non-hydrogen) atoms. The molecule has 0 saturated heterocycles. The monoisotopic (exact) mass is 266 g/mol. The van der Waals surface area contributed by atoms with Crippen molar-refractivity contribution in [1.29, 1.82) is 0 Å². The van der Waals surface area contributed by atoms with E-state index in [1.807, 2.05) is 0 Å². The minimum absolute atomic E-state index is 0.146. The second-order valence-corrected chi connectivity index (χ2v) is 4.35. The Labute approximate surface area is 109 Å². The van der Waals surface area contributed by atoms with Crippen molar-refractivity contribution in [3.8, 4) is 0 Å². The number of pyridine rings is 1. The third-order valence-electron chi connectivity index (χ3n) is 2.58. The van der Waals surface area contributed by atoms with Crippen molar-refractivity contribution in [2.24, 2.45) is 0 Å². The van der Waals surface area contributed by atoms with E-state index in [0.717, 1.165) is 0 Å². The Hall–Kier alpha value is -2.01. The van der Waals surface area contributed by atoms with Gasteiger partial charge >= 0.3 is 0 Å². The van der Waals surface area contributed by atoms with Crippen LogP contribution in [0.5, 0.6) is 0 Å². The van der Waals surface area contributed by atoms with Crippen molar-refractivity contribution in [3.63, 3.8) is 0 Å². The molecule has 0 unspecified atom stereocenters. The molecule has 0 bridgehead atoms. The number of halogens is 2. The Kier molecular flexibility index (Phi) is 3.25. The topological polar surface area (TPSA) is 91.0 Å². The number of hydrogen-bond donors (Lipinski definition) is 3. The van der Waals surface area contributed by atoms with Gasteiger partial charge in [-0.25, -0.2) is 9.37 Å². The van der Waals surface area contributed by atoms with Crippen LogP contribution >= 0.6 is 11.6 Å². The third kappa shape index (κ3) is 2.46. The van der Waals surface area contributed by atoms with Gasteiger partial charge < -0.3 is 17.2 Å². The van der Waals surface area contributed by atoms with Gasteiger partial charge in [0.05, 0.1) is 5.69 Å². The highest BCUT2D eigenvalue weighted by molar-refractivity contribution is 6.30. The van der Waals surface area contributed by atoms with Crippen LogP contribution in [-0.2, 0) is 6.42 Å². The molecular weight excluding hydrogens is 255 g/mol. The maximum Gasteiger partial charge on any atom is 0.149 e. The van der Waals surface area contributed by atoms with Gasteiger partial charge in [0, 0.05) is 11.4 Å². The van der Waals surface area contributed by atoms with Crippen molar-refractivity contribution in [1.82, 2.24) is 4.98 Å². The molecule has 4 nitrogen and oxygen atoms in total. The van der Waals surface area contributed by atoms with E-state index in [-0.39, 0.29) is 23.9 Å². The van der Waals surface area contributed by atoms with Crippen LogP contribution < -0.4 is 17.2 Å². The Morgan fingerprint density at radius 2 is 1.83 bits per heavy atom. The summed E-state index contributed by atoms with van der Waals surface area (Å²) in [5.41, 5.74) is 18.3. The first-order chi connectivity index (χ1) is 8.47. The summed E-state index contributed by atoms with van der Waals surface area (Å²) in [6, 6.07) is 5.91. The molecule has 2 rings (SSSR count). The molecular formula is C12H12ClFN4. The summed E-state index contributed by atoms with van der Waals surface area (Å²) in [5, 5.41) is 0.458. The van der Waals surface area contributed by atoms with E-state index in [0.29, 0.717) is 21.8 Å². The van der Waals surface area contributed by atoms with E-state index < -0.39 is 0 Å². The summed E-state index contributed by atoms with van der Waals surface area (Å²) >= 11 is 5.83. The number of hydrogen-bond acceptors (Lipinski definition) is 4. The fourth-order valence-corrected chi connectivity index (χ4v) is 1.88. The number of rotatable bonds is 2. The normalized spacial score (nSPS) is 10.6. The number of anilines is 3. The van der Waals surface area contributed by atoms with Crippen molar-refractivity contribution < 1.29 is 4.39 Å². The zero-order chi connectivity index (χ0) is 13.3. The van der Waals surface area contributed by atoms with E-state index in [2.05, 4.69) is 4.98 Å². The van der Waals surface area contributed by atoms with Gasteiger partial charge in [0.2, 0.25) is 0 Å². The number of nitrogens with zero attached hydrogens (tertiary/aromatic N) is 1. The summed E-state index contributed by atoms with van der Waals surface area (Å²) in [7, 11) is 0. The van der Waals surface area contributed by atoms with E-state index >= 15 is 0 Å². The van der Waals surface area contributed by atoms with Crippen LogP contribution in [0, 0.1) is 5.82 Å². The summed E-state index contributed by atoms with van der Waals surface area (Å²) in [6.07, 6.45) is 0.259. The molecule has 0 amide bonds. The van der Waals surface area contributed by atoms with Crippen LogP contribution in [0.2, 0.25) is 5.02 Å². The first-order valence-electron chi connectivity index (χ1n) is 5.21. The van der Waals surface area contributed by atoms with Crippen LogP contribution in [0.3, 0.4) is 0 Å². The third-order valence-corrected chi connectivity index (χ3v) is 2.82. The Bertz CT molecular complexity index is 601. The van der Waals surface area contributed by atoms with Gasteiger partial charge in [-0.05, 0) is 35.4 Å². The Balaban J connectivity index is 2.43. The first-order valence-corrected chi connectivity index (χ1v) is 5.59. The molecule has 2 aromatic rings. The first kappa shape index (κ1) is 12.4. The second-order valence-electron chi connectivity index (χ2n) is 3.92. The molecule has 94 valence electrons. The van der Waals surface area contributed by atoms with Gasteiger partial charge in [-0.1, -0.05) is 11.6 Å². The summed E-state index contributed by atoms with van der Waals surface area (Å²) in [6.45, 7) is 0. The van der Waals surface area contributed by atoms with Gasteiger partial charge in [-0.2, -0.15) is 0 Å². The molecule has 0 radical (unpaired) electrons. The van der Waals surface area contributed by atoms with Gasteiger partial charge in [0.15, 0.2) is 0 Å². The molecule has 0 aliphatic heterocycles. The van der Waals surface area contributed by atoms with Crippen LogP contribution in [0.1, 0.15) is 11.1 Å². The molecule has 0 spiro atoms. The Morgan fingerprint density at radius 1 is 1.11 bits per heavy atom. The van der Waals surface area contributed by atoms with Gasteiger partial charge in [-0.15, -0.1) is 0 Å². The molecule has 1 heterocycles. The summed E-state index contributed by atoms with van der Waals surface area (Å²) in [5.74, 6) is 0.0410. The fourth-order valence-electron chi connectivity index (χ4n) is 1.68. The molecule has 1 aromatic heterocycles. The lowest BCUT2D eigenvalue weighted by Crippen LogP contribution is -2.06. The zero-order valence-corrected chi connectivity index (χ0v) is 10.2. The van der Waals surface area contributed by atoms with Crippen molar-refractivity contribution in [2.45, 2.75) is 6.42 Å². The van der Waals surface area contributed by atoms with Gasteiger partial charge in [0.25, 0.3) is 0 Å². The van der Waals surface area contributed by atoms with E-state index in [9.17, 15) is 4.39 Å². The second kappa shape index (κ2) is 4.70. The molecule has 6 heteroatoms. The number of nitrogen functional groups attached to an aromatic ring is 3. The number of nitrogens with two attached hydrogens (primary N) is 3. The predicted molar refractivity (Wildman–Crippen MR) is 71.7 cm³/mol. The molecule has 0 fully saturated rings. The highest BCUT2D eigenvalue weighted by Gasteiger charge is 2.10. The molecule has 0 aliphatic carbocycles. The highest BCUT2D eigenvalue weighted by atomic mass is 35.5. The van der Waals surface area contributed by atoms with E-state index in [1.54, 1.807) is 12.1 Å².